The summed E-state index contributed by atoms with van der Waals surface area (Å²) in [6.07, 6.45) is -1.80. The molecule has 2 aromatic rings. The molecular formula is C19H23F2N5O2. The van der Waals surface area contributed by atoms with E-state index in [1.54, 1.807) is 17.0 Å². The van der Waals surface area contributed by atoms with Gasteiger partial charge < -0.3 is 14.4 Å². The third kappa shape index (κ3) is 3.23. The van der Waals surface area contributed by atoms with Crippen LogP contribution in [0.5, 0.6) is 0 Å². The molecule has 4 rings (SSSR count). The van der Waals surface area contributed by atoms with Gasteiger partial charge in [-0.25, -0.2) is 8.78 Å². The van der Waals surface area contributed by atoms with E-state index < -0.39 is 6.43 Å². The zero-order valence-corrected chi connectivity index (χ0v) is 15.8. The lowest BCUT2D eigenvalue weighted by Crippen LogP contribution is -2.52. The van der Waals surface area contributed by atoms with E-state index in [4.69, 9.17) is 0 Å². The summed E-state index contributed by atoms with van der Waals surface area (Å²) in [5.74, 6) is -0.192. The average Bonchev–Trinajstić information content (AvgIpc) is 3.15. The second-order valence-corrected chi connectivity index (χ2v) is 7.90. The average molecular weight is 391 g/mol. The molecular weight excluding hydrogens is 368 g/mol. The lowest BCUT2D eigenvalue weighted by molar-refractivity contribution is 0.0493. The molecule has 2 bridgehead atoms. The summed E-state index contributed by atoms with van der Waals surface area (Å²) in [6.45, 7) is 1.62. The Kier molecular flexibility index (Phi) is 4.78. The minimum Gasteiger partial charge on any atom is -0.336 e. The standard InChI is InChI=1S/C19H23F2N5O2/c1-24(2)10-16-12-6-11(15-4-3-5-17(27)26(15)16)8-25(9-12)19(28)14-7-13(18(20)21)22-23-14/h3-5,7,11-12,16,18H,6,8-10H2,1-2H3,(H,22,23)/t11-,12+,16+/m1/s1. The zero-order valence-electron chi connectivity index (χ0n) is 15.8. The topological polar surface area (TPSA) is 74.2 Å². The fraction of sp³-hybridized carbons (Fsp3) is 0.526. The Labute approximate surface area is 160 Å². The van der Waals surface area contributed by atoms with Gasteiger partial charge >= 0.3 is 0 Å². The van der Waals surface area contributed by atoms with Gasteiger partial charge in [0.05, 0.1) is 6.04 Å². The molecule has 28 heavy (non-hydrogen) atoms. The molecule has 0 unspecified atom stereocenters. The van der Waals surface area contributed by atoms with Crippen LogP contribution in [0.25, 0.3) is 0 Å². The molecule has 7 nitrogen and oxygen atoms in total. The molecule has 1 N–H and O–H groups in total. The Morgan fingerprint density at radius 1 is 1.36 bits per heavy atom. The highest BCUT2D eigenvalue weighted by molar-refractivity contribution is 5.92. The van der Waals surface area contributed by atoms with E-state index in [1.807, 2.05) is 29.6 Å². The number of halogens is 2. The number of aromatic nitrogens is 3. The van der Waals surface area contributed by atoms with Crippen LogP contribution in [0.15, 0.2) is 29.1 Å². The molecule has 1 amide bonds. The Morgan fingerprint density at radius 2 is 2.14 bits per heavy atom. The van der Waals surface area contributed by atoms with E-state index in [2.05, 4.69) is 10.2 Å². The number of likely N-dealkylation sites (tertiary alicyclic amines) is 1. The number of hydrogen-bond acceptors (Lipinski definition) is 4. The van der Waals surface area contributed by atoms with Crippen molar-refractivity contribution < 1.29 is 13.6 Å². The number of piperidine rings is 1. The number of carbonyl (C=O) groups is 1. The van der Waals surface area contributed by atoms with Gasteiger partial charge in [-0.1, -0.05) is 6.07 Å². The Bertz CT molecular complexity index is 938. The maximum absolute atomic E-state index is 12.9. The highest BCUT2D eigenvalue weighted by Gasteiger charge is 2.42. The van der Waals surface area contributed by atoms with Gasteiger partial charge in [-0.2, -0.15) is 5.10 Å². The molecule has 0 saturated carbocycles. The first-order valence-electron chi connectivity index (χ1n) is 9.34. The maximum atomic E-state index is 12.9. The first-order chi connectivity index (χ1) is 13.3. The van der Waals surface area contributed by atoms with Crippen LogP contribution in [0, 0.1) is 5.92 Å². The summed E-state index contributed by atoms with van der Waals surface area (Å²) in [4.78, 5) is 29.2. The molecule has 3 atom stereocenters. The van der Waals surface area contributed by atoms with E-state index in [0.717, 1.165) is 18.2 Å². The van der Waals surface area contributed by atoms with Crippen LogP contribution in [-0.2, 0) is 0 Å². The zero-order chi connectivity index (χ0) is 20.0. The number of nitrogens with zero attached hydrogens (tertiary/aromatic N) is 4. The van der Waals surface area contributed by atoms with Crippen molar-refractivity contribution in [1.29, 1.82) is 0 Å². The van der Waals surface area contributed by atoms with Crippen LogP contribution < -0.4 is 5.56 Å². The highest BCUT2D eigenvalue weighted by atomic mass is 19.3. The summed E-state index contributed by atoms with van der Waals surface area (Å²) < 4.78 is 27.5. The minimum atomic E-state index is -2.70. The Balaban J connectivity index is 1.66. The fourth-order valence-corrected chi connectivity index (χ4v) is 4.54. The van der Waals surface area contributed by atoms with E-state index in [0.29, 0.717) is 19.6 Å². The first-order valence-corrected chi connectivity index (χ1v) is 9.34. The van der Waals surface area contributed by atoms with Crippen LogP contribution in [0.3, 0.4) is 0 Å². The number of carbonyl (C=O) groups excluding carboxylic acids is 1. The SMILES string of the molecule is CN(C)C[C@H]1[C@H]2C[C@H](CN(C(=O)c3cc(C(F)F)[nH]n3)C2)c2cccc(=O)n21. The number of fused-ring (bicyclic) bond motifs is 4. The minimum absolute atomic E-state index is 0.00452. The van der Waals surface area contributed by atoms with Crippen molar-refractivity contribution in [2.24, 2.45) is 5.92 Å². The van der Waals surface area contributed by atoms with Crippen LogP contribution in [0.1, 0.15) is 46.7 Å². The molecule has 0 aliphatic carbocycles. The van der Waals surface area contributed by atoms with Crippen LogP contribution >= 0.6 is 0 Å². The van der Waals surface area contributed by atoms with Crippen molar-refractivity contribution in [2.75, 3.05) is 33.7 Å². The molecule has 0 radical (unpaired) electrons. The number of hydrogen-bond donors (Lipinski definition) is 1. The molecule has 0 spiro atoms. The van der Waals surface area contributed by atoms with Gasteiger partial charge in [0.25, 0.3) is 17.9 Å². The van der Waals surface area contributed by atoms with E-state index in [-0.39, 0.29) is 40.7 Å². The van der Waals surface area contributed by atoms with Gasteiger partial charge in [0.2, 0.25) is 0 Å². The Morgan fingerprint density at radius 3 is 2.82 bits per heavy atom. The quantitative estimate of drug-likeness (QED) is 0.864. The summed E-state index contributed by atoms with van der Waals surface area (Å²) in [6, 6.07) is 6.35. The number of likely N-dealkylation sites (N-methyl/N-ethyl adjacent to an activating group) is 1. The number of H-pyrrole nitrogens is 1. The molecule has 9 heteroatoms. The number of rotatable bonds is 4. The molecule has 2 aromatic heterocycles. The van der Waals surface area contributed by atoms with Crippen molar-refractivity contribution in [2.45, 2.75) is 24.8 Å². The van der Waals surface area contributed by atoms with Crippen molar-refractivity contribution in [1.82, 2.24) is 24.6 Å². The van der Waals surface area contributed by atoms with Crippen molar-refractivity contribution >= 4 is 5.91 Å². The normalized spacial score (nSPS) is 23.9. The summed E-state index contributed by atoms with van der Waals surface area (Å²) >= 11 is 0. The first kappa shape index (κ1) is 18.8. The lowest BCUT2D eigenvalue weighted by Gasteiger charge is -2.47. The second-order valence-electron chi connectivity index (χ2n) is 7.90. The van der Waals surface area contributed by atoms with Gasteiger partial charge in [0, 0.05) is 37.3 Å². The third-order valence-electron chi connectivity index (χ3n) is 5.69. The van der Waals surface area contributed by atoms with Crippen molar-refractivity contribution in [3.63, 3.8) is 0 Å². The van der Waals surface area contributed by atoms with E-state index >= 15 is 0 Å². The molecule has 2 aliphatic heterocycles. The summed E-state index contributed by atoms with van der Waals surface area (Å²) in [5.41, 5.74) is 0.559. The summed E-state index contributed by atoms with van der Waals surface area (Å²) in [5, 5.41) is 6.01. The second kappa shape index (κ2) is 7.12. The highest BCUT2D eigenvalue weighted by Crippen LogP contribution is 2.41. The van der Waals surface area contributed by atoms with E-state index in [1.165, 1.54) is 0 Å². The van der Waals surface area contributed by atoms with Gasteiger partial charge in [-0.3, -0.25) is 14.7 Å². The van der Waals surface area contributed by atoms with Gasteiger partial charge in [0.15, 0.2) is 5.69 Å². The monoisotopic (exact) mass is 391 g/mol. The number of aromatic amines is 1. The molecule has 2 aliphatic rings. The predicted octanol–water partition coefficient (Wildman–Crippen LogP) is 1.87. The molecule has 1 fully saturated rings. The molecule has 4 heterocycles. The number of pyridine rings is 1. The van der Waals surface area contributed by atoms with Gasteiger partial charge in [-0.15, -0.1) is 0 Å². The molecule has 0 aromatic carbocycles. The van der Waals surface area contributed by atoms with Crippen molar-refractivity contribution in [3.05, 3.63) is 51.7 Å². The summed E-state index contributed by atoms with van der Waals surface area (Å²) in [7, 11) is 3.92. The lowest BCUT2D eigenvalue weighted by atomic mass is 9.78. The third-order valence-corrected chi connectivity index (χ3v) is 5.69. The smallest absolute Gasteiger partial charge is 0.279 e. The predicted molar refractivity (Wildman–Crippen MR) is 98.6 cm³/mol. The maximum Gasteiger partial charge on any atom is 0.279 e. The van der Waals surface area contributed by atoms with Crippen molar-refractivity contribution in [3.8, 4) is 0 Å². The molecule has 150 valence electrons. The number of nitrogens with one attached hydrogen (secondary N) is 1. The largest absolute Gasteiger partial charge is 0.336 e. The van der Waals surface area contributed by atoms with Gasteiger partial charge in [0.1, 0.15) is 5.69 Å². The molecule has 1 saturated heterocycles. The number of alkyl halides is 2. The van der Waals surface area contributed by atoms with Crippen LogP contribution in [0.2, 0.25) is 0 Å². The fourth-order valence-electron chi connectivity index (χ4n) is 4.54. The van der Waals surface area contributed by atoms with Crippen LogP contribution in [0.4, 0.5) is 8.78 Å². The Hall–Kier alpha value is -2.55. The van der Waals surface area contributed by atoms with E-state index in [9.17, 15) is 18.4 Å². The van der Waals surface area contributed by atoms with Crippen LogP contribution in [-0.4, -0.2) is 64.2 Å². The number of amides is 1. The van der Waals surface area contributed by atoms with Gasteiger partial charge in [-0.05, 0) is 38.6 Å².